The van der Waals surface area contributed by atoms with E-state index in [-0.39, 0.29) is 31.1 Å². The molecule has 1 aliphatic rings. The second-order valence-corrected chi connectivity index (χ2v) is 31.0. The van der Waals surface area contributed by atoms with Gasteiger partial charge >= 0.3 is 14.5 Å². The van der Waals surface area contributed by atoms with E-state index < -0.39 is 48.1 Å². The number of amides is 2. The van der Waals surface area contributed by atoms with E-state index in [2.05, 4.69) is 72.3 Å². The van der Waals surface area contributed by atoms with Gasteiger partial charge in [-0.3, -0.25) is 14.4 Å². The minimum atomic E-state index is -2.35. The van der Waals surface area contributed by atoms with Gasteiger partial charge in [-0.25, -0.2) is 0 Å². The van der Waals surface area contributed by atoms with Gasteiger partial charge in [-0.2, -0.15) is 0 Å². The van der Waals surface area contributed by atoms with Gasteiger partial charge in [0.05, 0.1) is 39.7 Å². The van der Waals surface area contributed by atoms with E-state index in [0.717, 1.165) is 36.3 Å². The Labute approximate surface area is 302 Å². The van der Waals surface area contributed by atoms with Crippen LogP contribution in [0.4, 0.5) is 0 Å². The average Bonchev–Trinajstić information content (AvgIpc) is 3.36. The van der Waals surface area contributed by atoms with Crippen LogP contribution in [-0.4, -0.2) is 130 Å². The van der Waals surface area contributed by atoms with Crippen molar-refractivity contribution in [3.8, 4) is 0 Å². The summed E-state index contributed by atoms with van der Waals surface area (Å²) < 4.78 is 25.4. The van der Waals surface area contributed by atoms with E-state index in [1.807, 2.05) is 32.6 Å². The van der Waals surface area contributed by atoms with Crippen LogP contribution in [0.25, 0.3) is 0 Å². The molecule has 0 radical (unpaired) electrons. The number of hydrogen-bond acceptors (Lipinski definition) is 8. The summed E-state index contributed by atoms with van der Waals surface area (Å²) in [7, 11) is 0.475. The first-order valence-electron chi connectivity index (χ1n) is 18.4. The highest BCUT2D eigenvalue weighted by atomic mass is 28.5. The Morgan fingerprint density at radius 1 is 0.959 bits per heavy atom. The number of carbonyl (C=O) groups excluding carboxylic acids is 3. The van der Waals surface area contributed by atoms with Crippen molar-refractivity contribution in [1.82, 2.24) is 10.2 Å². The smallest absolute Gasteiger partial charge is 0.314 e. The lowest BCUT2D eigenvalue weighted by Gasteiger charge is -2.39. The molecule has 0 aromatic heterocycles. The molecule has 1 fully saturated rings. The molecule has 1 rings (SSSR count). The molecule has 0 spiro atoms. The second-order valence-electron chi connectivity index (χ2n) is 18.2. The van der Waals surface area contributed by atoms with Gasteiger partial charge in [0.2, 0.25) is 11.8 Å². The number of hydrogen-bond donors (Lipinski definition) is 2. The summed E-state index contributed by atoms with van der Waals surface area (Å²) in [4.78, 5) is 41.6. The van der Waals surface area contributed by atoms with Gasteiger partial charge in [-0.05, 0) is 90.9 Å². The van der Waals surface area contributed by atoms with Gasteiger partial charge in [-0.15, -0.1) is 0 Å². The van der Waals surface area contributed by atoms with Crippen LogP contribution in [0.5, 0.6) is 0 Å². The standard InChI is InChI=1S/C35H73N3O8Si3/c1-15-35(4,26-29(37-21-16-19-31(37)40)25-34(2,3)32(41)36-20-17-22-38(5,6)7)33(42)44-28-30(39)27-43-23-18-24-49(14,45-47(8,9)10)46-48(11,12)13/h29-30,39H,15-28H2,1-14H3/p+1. The van der Waals surface area contributed by atoms with Crippen LogP contribution in [-0.2, 0) is 32.1 Å². The number of aliphatic hydroxyl groups is 1. The molecule has 0 bridgehead atoms. The maximum Gasteiger partial charge on any atom is 0.314 e. The Kier molecular flexibility index (Phi) is 17.9. The van der Waals surface area contributed by atoms with Crippen molar-refractivity contribution in [1.29, 1.82) is 0 Å². The normalized spacial score (nSPS) is 17.5. The highest BCUT2D eigenvalue weighted by Crippen LogP contribution is 2.37. The molecule has 0 aromatic carbocycles. The molecular weight excluding hydrogens is 675 g/mol. The molecule has 1 heterocycles. The lowest BCUT2D eigenvalue weighted by Crippen LogP contribution is -2.52. The first kappa shape index (κ1) is 45.9. The quantitative estimate of drug-likeness (QED) is 0.0575. The summed E-state index contributed by atoms with van der Waals surface area (Å²) in [5.41, 5.74) is -1.63. The number of carbonyl (C=O) groups is 3. The van der Waals surface area contributed by atoms with Gasteiger partial charge in [-0.1, -0.05) is 20.8 Å². The van der Waals surface area contributed by atoms with Gasteiger partial charge in [0.15, 0.2) is 16.6 Å². The molecule has 3 unspecified atom stereocenters. The first-order chi connectivity index (χ1) is 22.2. The van der Waals surface area contributed by atoms with E-state index in [9.17, 15) is 19.5 Å². The van der Waals surface area contributed by atoms with Crippen molar-refractivity contribution < 1.29 is 41.7 Å². The molecule has 0 aromatic rings. The summed E-state index contributed by atoms with van der Waals surface area (Å²) >= 11 is 0. The largest absolute Gasteiger partial charge is 0.462 e. The van der Waals surface area contributed by atoms with E-state index in [4.69, 9.17) is 17.7 Å². The van der Waals surface area contributed by atoms with Crippen LogP contribution in [0.2, 0.25) is 51.9 Å². The van der Waals surface area contributed by atoms with Crippen LogP contribution in [0, 0.1) is 10.8 Å². The first-order valence-corrected chi connectivity index (χ1v) is 27.8. The molecule has 0 saturated carbocycles. The zero-order chi connectivity index (χ0) is 37.9. The highest BCUT2D eigenvalue weighted by Gasteiger charge is 2.43. The van der Waals surface area contributed by atoms with E-state index >= 15 is 0 Å². The predicted molar refractivity (Wildman–Crippen MR) is 204 cm³/mol. The number of ether oxygens (including phenoxy) is 2. The Morgan fingerprint density at radius 3 is 2.04 bits per heavy atom. The van der Waals surface area contributed by atoms with E-state index in [0.29, 0.717) is 45.4 Å². The SMILES string of the molecule is CCC(C)(CC(CC(C)(C)C(=O)NCCC[N+](C)(C)C)N1CCCC1=O)C(=O)OCC(O)COCCC[Si](C)(O[Si](C)(C)C)O[Si](C)(C)C. The van der Waals surface area contributed by atoms with Crippen LogP contribution in [0.1, 0.15) is 72.6 Å². The average molecular weight is 749 g/mol. The fourth-order valence-electron chi connectivity index (χ4n) is 6.44. The molecule has 2 amide bonds. The summed E-state index contributed by atoms with van der Waals surface area (Å²) in [6.45, 7) is 25.4. The third-order valence-corrected chi connectivity index (χ3v) is 18.5. The predicted octanol–water partition coefficient (Wildman–Crippen LogP) is 5.50. The fraction of sp³-hybridized carbons (Fsp3) is 0.914. The van der Waals surface area contributed by atoms with Crippen molar-refractivity contribution >= 4 is 43.0 Å². The molecule has 2 N–H and O–H groups in total. The number of aliphatic hydroxyl groups excluding tert-OH is 1. The molecule has 3 atom stereocenters. The Balaban J connectivity index is 2.77. The summed E-state index contributed by atoms with van der Waals surface area (Å²) in [6.07, 6.45) is 3.23. The van der Waals surface area contributed by atoms with Crippen molar-refractivity contribution in [3.63, 3.8) is 0 Å². The molecule has 14 heteroatoms. The van der Waals surface area contributed by atoms with E-state index in [1.165, 1.54) is 0 Å². The number of nitrogens with one attached hydrogen (secondary N) is 1. The molecular formula is C35H74N3O8Si3+. The Morgan fingerprint density at radius 2 is 1.55 bits per heavy atom. The van der Waals surface area contributed by atoms with Crippen molar-refractivity contribution in [2.75, 3.05) is 60.6 Å². The number of rotatable bonds is 24. The number of esters is 1. The molecule has 1 aliphatic heterocycles. The van der Waals surface area contributed by atoms with Crippen LogP contribution in [0.15, 0.2) is 0 Å². The number of likely N-dealkylation sites (tertiary alicyclic amines) is 1. The van der Waals surface area contributed by atoms with Crippen molar-refractivity contribution in [2.24, 2.45) is 10.8 Å². The molecule has 1 saturated heterocycles. The Bertz CT molecular complexity index is 1040. The highest BCUT2D eigenvalue weighted by molar-refractivity contribution is 6.87. The lowest BCUT2D eigenvalue weighted by atomic mass is 9.75. The van der Waals surface area contributed by atoms with Gasteiger partial charge in [0.25, 0.3) is 0 Å². The third kappa shape index (κ3) is 18.3. The van der Waals surface area contributed by atoms with E-state index in [1.54, 1.807) is 0 Å². The summed E-state index contributed by atoms with van der Waals surface area (Å²) in [6, 6.07) is 0.522. The fourth-order valence-corrected chi connectivity index (χ4v) is 19.0. The van der Waals surface area contributed by atoms with Crippen molar-refractivity contribution in [2.45, 2.75) is 137 Å². The molecule has 288 valence electrons. The zero-order valence-corrected chi connectivity index (χ0v) is 36.8. The summed E-state index contributed by atoms with van der Waals surface area (Å²) in [5, 5.41) is 13.7. The lowest BCUT2D eigenvalue weighted by molar-refractivity contribution is -0.870. The summed E-state index contributed by atoms with van der Waals surface area (Å²) in [5.74, 6) is -0.402. The minimum absolute atomic E-state index is 0.0476. The van der Waals surface area contributed by atoms with Crippen molar-refractivity contribution in [3.05, 3.63) is 0 Å². The van der Waals surface area contributed by atoms with Gasteiger partial charge < -0.3 is 37.5 Å². The number of nitrogens with zero attached hydrogens (tertiary/aromatic N) is 2. The van der Waals surface area contributed by atoms with Gasteiger partial charge in [0, 0.05) is 44.0 Å². The minimum Gasteiger partial charge on any atom is -0.462 e. The maximum atomic E-state index is 13.5. The molecule has 49 heavy (non-hydrogen) atoms. The number of quaternary nitrogens is 1. The van der Waals surface area contributed by atoms with Crippen LogP contribution < -0.4 is 5.32 Å². The maximum absolute atomic E-state index is 13.5. The zero-order valence-electron chi connectivity index (χ0n) is 33.8. The topological polar surface area (TPSA) is 124 Å². The van der Waals surface area contributed by atoms with Crippen LogP contribution >= 0.6 is 0 Å². The van der Waals surface area contributed by atoms with Crippen LogP contribution in [0.3, 0.4) is 0 Å². The molecule has 11 nitrogen and oxygen atoms in total. The third-order valence-electron chi connectivity index (χ3n) is 8.84. The molecule has 0 aliphatic carbocycles. The Hall–Kier alpha value is -1.14. The monoisotopic (exact) mass is 748 g/mol. The van der Waals surface area contributed by atoms with Gasteiger partial charge in [0.1, 0.15) is 12.7 Å². The second kappa shape index (κ2) is 19.1.